The van der Waals surface area contributed by atoms with Crippen molar-refractivity contribution in [2.24, 2.45) is 7.05 Å². The number of rotatable bonds is 8. The lowest BCUT2D eigenvalue weighted by Crippen LogP contribution is -2.47. The predicted molar refractivity (Wildman–Crippen MR) is 76.4 cm³/mol. The second-order valence-corrected chi connectivity index (χ2v) is 4.91. The first kappa shape index (κ1) is 16.0. The van der Waals surface area contributed by atoms with Crippen molar-refractivity contribution in [2.45, 2.75) is 52.1 Å². The first-order valence-corrected chi connectivity index (χ1v) is 7.02. The third-order valence-electron chi connectivity index (χ3n) is 4.00. The van der Waals surface area contributed by atoms with Gasteiger partial charge < -0.3 is 15.2 Å². The SMILES string of the molecule is CCc1nn(C)c(OC)c1CNC(CC)(CC)CO. The van der Waals surface area contributed by atoms with Crippen molar-refractivity contribution >= 4 is 0 Å². The quantitative estimate of drug-likeness (QED) is 0.753. The molecule has 0 aliphatic heterocycles. The molecular formula is C14H27N3O2. The first-order valence-electron chi connectivity index (χ1n) is 7.02. The molecule has 5 nitrogen and oxygen atoms in total. The Morgan fingerprint density at radius 1 is 1.32 bits per heavy atom. The number of hydrogen-bond acceptors (Lipinski definition) is 4. The largest absolute Gasteiger partial charge is 0.481 e. The van der Waals surface area contributed by atoms with Gasteiger partial charge in [-0.3, -0.25) is 0 Å². The minimum absolute atomic E-state index is 0.143. The van der Waals surface area contributed by atoms with E-state index in [1.165, 1.54) is 0 Å². The Kier molecular flexibility index (Phi) is 5.82. The van der Waals surface area contributed by atoms with E-state index in [1.807, 2.05) is 7.05 Å². The number of aliphatic hydroxyl groups excluding tert-OH is 1. The van der Waals surface area contributed by atoms with Crippen LogP contribution in [-0.2, 0) is 20.0 Å². The molecule has 19 heavy (non-hydrogen) atoms. The monoisotopic (exact) mass is 269 g/mol. The summed E-state index contributed by atoms with van der Waals surface area (Å²) in [6, 6.07) is 0. The number of aryl methyl sites for hydroxylation is 2. The van der Waals surface area contributed by atoms with Crippen molar-refractivity contribution < 1.29 is 9.84 Å². The summed E-state index contributed by atoms with van der Waals surface area (Å²) in [7, 11) is 3.55. The molecule has 0 bridgehead atoms. The summed E-state index contributed by atoms with van der Waals surface area (Å²) >= 11 is 0. The fraction of sp³-hybridized carbons (Fsp3) is 0.786. The van der Waals surface area contributed by atoms with Crippen LogP contribution in [0.2, 0.25) is 0 Å². The van der Waals surface area contributed by atoms with Crippen LogP contribution < -0.4 is 10.1 Å². The van der Waals surface area contributed by atoms with Gasteiger partial charge in [0.05, 0.1) is 25.0 Å². The highest BCUT2D eigenvalue weighted by atomic mass is 16.5. The van der Waals surface area contributed by atoms with E-state index in [2.05, 4.69) is 31.2 Å². The fourth-order valence-electron chi connectivity index (χ4n) is 2.38. The average Bonchev–Trinajstić information content (AvgIpc) is 2.76. The maximum atomic E-state index is 9.60. The molecule has 1 aromatic heterocycles. The Morgan fingerprint density at radius 2 is 1.95 bits per heavy atom. The molecule has 1 heterocycles. The number of nitrogens with one attached hydrogen (secondary N) is 1. The van der Waals surface area contributed by atoms with Gasteiger partial charge in [-0.25, -0.2) is 4.68 Å². The molecular weight excluding hydrogens is 242 g/mol. The maximum absolute atomic E-state index is 9.60. The molecule has 0 aliphatic rings. The lowest BCUT2D eigenvalue weighted by molar-refractivity contribution is 0.149. The molecule has 1 aromatic rings. The Hall–Kier alpha value is -1.07. The Balaban J connectivity index is 2.93. The van der Waals surface area contributed by atoms with Crippen LogP contribution in [0.3, 0.4) is 0 Å². The van der Waals surface area contributed by atoms with E-state index in [-0.39, 0.29) is 12.1 Å². The van der Waals surface area contributed by atoms with Gasteiger partial charge in [-0.05, 0) is 19.3 Å². The van der Waals surface area contributed by atoms with Gasteiger partial charge in [0.15, 0.2) is 0 Å². The normalized spacial score (nSPS) is 11.9. The van der Waals surface area contributed by atoms with E-state index in [4.69, 9.17) is 4.74 Å². The highest BCUT2D eigenvalue weighted by Crippen LogP contribution is 2.24. The van der Waals surface area contributed by atoms with Crippen molar-refractivity contribution in [3.63, 3.8) is 0 Å². The Bertz CT molecular complexity index is 389. The fourth-order valence-corrected chi connectivity index (χ4v) is 2.38. The van der Waals surface area contributed by atoms with E-state index in [0.29, 0.717) is 6.54 Å². The summed E-state index contributed by atoms with van der Waals surface area (Å²) in [5, 5.41) is 17.5. The summed E-state index contributed by atoms with van der Waals surface area (Å²) in [5.74, 6) is 0.795. The van der Waals surface area contributed by atoms with Crippen molar-refractivity contribution in [2.75, 3.05) is 13.7 Å². The van der Waals surface area contributed by atoms with Gasteiger partial charge in [-0.2, -0.15) is 5.10 Å². The minimum Gasteiger partial charge on any atom is -0.481 e. The predicted octanol–water partition coefficient (Wildman–Crippen LogP) is 1.63. The van der Waals surface area contributed by atoms with E-state index in [1.54, 1.807) is 11.8 Å². The first-order chi connectivity index (χ1) is 9.07. The molecule has 110 valence electrons. The van der Waals surface area contributed by atoms with E-state index < -0.39 is 0 Å². The Labute approximate surface area is 116 Å². The van der Waals surface area contributed by atoms with Crippen LogP contribution in [-0.4, -0.2) is 34.1 Å². The second kappa shape index (κ2) is 6.91. The Morgan fingerprint density at radius 3 is 2.37 bits per heavy atom. The summed E-state index contributed by atoms with van der Waals surface area (Å²) in [6.07, 6.45) is 2.66. The molecule has 0 amide bonds. The molecule has 0 atom stereocenters. The van der Waals surface area contributed by atoms with Crippen LogP contribution >= 0.6 is 0 Å². The van der Waals surface area contributed by atoms with Crippen LogP contribution in [0.5, 0.6) is 5.88 Å². The smallest absolute Gasteiger partial charge is 0.216 e. The number of ether oxygens (including phenoxy) is 1. The van der Waals surface area contributed by atoms with Crippen molar-refractivity contribution in [3.05, 3.63) is 11.3 Å². The summed E-state index contributed by atoms with van der Waals surface area (Å²) < 4.78 is 7.19. The average molecular weight is 269 g/mol. The van der Waals surface area contributed by atoms with Crippen LogP contribution in [0, 0.1) is 0 Å². The number of hydrogen-bond donors (Lipinski definition) is 2. The third-order valence-corrected chi connectivity index (χ3v) is 4.00. The molecule has 0 unspecified atom stereocenters. The number of aliphatic hydroxyl groups is 1. The molecule has 5 heteroatoms. The van der Waals surface area contributed by atoms with Crippen molar-refractivity contribution in [3.8, 4) is 5.88 Å². The molecule has 0 aliphatic carbocycles. The van der Waals surface area contributed by atoms with Gasteiger partial charge in [0, 0.05) is 19.1 Å². The molecule has 0 spiro atoms. The number of nitrogens with zero attached hydrogens (tertiary/aromatic N) is 2. The molecule has 0 saturated carbocycles. The zero-order chi connectivity index (χ0) is 14.5. The maximum Gasteiger partial charge on any atom is 0.216 e. The summed E-state index contributed by atoms with van der Waals surface area (Å²) in [5.41, 5.74) is 1.92. The van der Waals surface area contributed by atoms with Gasteiger partial charge in [0.1, 0.15) is 0 Å². The minimum atomic E-state index is -0.216. The van der Waals surface area contributed by atoms with Gasteiger partial charge in [0.25, 0.3) is 0 Å². The lowest BCUT2D eigenvalue weighted by Gasteiger charge is -2.31. The standard InChI is InChI=1S/C14H27N3O2/c1-6-12-11(13(19-5)17(4)16-12)9-15-14(7-2,8-3)10-18/h15,18H,6-10H2,1-5H3. The van der Waals surface area contributed by atoms with Crippen LogP contribution in [0.25, 0.3) is 0 Å². The third kappa shape index (κ3) is 3.28. The highest BCUT2D eigenvalue weighted by molar-refractivity contribution is 5.31. The van der Waals surface area contributed by atoms with Crippen LogP contribution in [0.4, 0.5) is 0 Å². The van der Waals surface area contributed by atoms with Gasteiger partial charge in [-0.1, -0.05) is 20.8 Å². The summed E-state index contributed by atoms with van der Waals surface area (Å²) in [6.45, 7) is 7.08. The molecule has 2 N–H and O–H groups in total. The lowest BCUT2D eigenvalue weighted by atomic mass is 9.93. The molecule has 0 fully saturated rings. The van der Waals surface area contributed by atoms with Gasteiger partial charge >= 0.3 is 0 Å². The molecule has 0 aromatic carbocycles. The van der Waals surface area contributed by atoms with Gasteiger partial charge in [-0.15, -0.1) is 0 Å². The van der Waals surface area contributed by atoms with Crippen molar-refractivity contribution in [1.82, 2.24) is 15.1 Å². The number of aromatic nitrogens is 2. The topological polar surface area (TPSA) is 59.3 Å². The zero-order valence-corrected chi connectivity index (χ0v) is 12.8. The summed E-state index contributed by atoms with van der Waals surface area (Å²) in [4.78, 5) is 0. The van der Waals surface area contributed by atoms with Crippen molar-refractivity contribution in [1.29, 1.82) is 0 Å². The van der Waals surface area contributed by atoms with E-state index >= 15 is 0 Å². The molecule has 1 rings (SSSR count). The van der Waals surface area contributed by atoms with Gasteiger partial charge in [0.2, 0.25) is 5.88 Å². The number of methoxy groups -OCH3 is 1. The van der Waals surface area contributed by atoms with E-state index in [0.717, 1.165) is 36.4 Å². The van der Waals surface area contributed by atoms with E-state index in [9.17, 15) is 5.11 Å². The second-order valence-electron chi connectivity index (χ2n) is 4.91. The molecule has 0 radical (unpaired) electrons. The highest BCUT2D eigenvalue weighted by Gasteiger charge is 2.26. The van der Waals surface area contributed by atoms with Crippen LogP contribution in [0.1, 0.15) is 44.9 Å². The molecule has 0 saturated heterocycles. The van der Waals surface area contributed by atoms with Crippen LogP contribution in [0.15, 0.2) is 0 Å². The zero-order valence-electron chi connectivity index (χ0n) is 12.8.